The lowest BCUT2D eigenvalue weighted by Crippen LogP contribution is -2.48. The van der Waals surface area contributed by atoms with E-state index < -0.39 is 5.41 Å². The highest BCUT2D eigenvalue weighted by molar-refractivity contribution is 5.88. The van der Waals surface area contributed by atoms with E-state index in [-0.39, 0.29) is 11.7 Å². The minimum atomic E-state index is -0.713. The van der Waals surface area contributed by atoms with Crippen molar-refractivity contribution in [1.29, 1.82) is 0 Å². The fourth-order valence-corrected chi connectivity index (χ4v) is 3.04. The molecule has 0 aliphatic carbocycles. The van der Waals surface area contributed by atoms with E-state index in [1.807, 2.05) is 16.8 Å². The zero-order valence-corrected chi connectivity index (χ0v) is 12.9. The van der Waals surface area contributed by atoms with Gasteiger partial charge in [-0.1, -0.05) is 12.1 Å². The molecule has 1 aromatic carbocycles. The molecule has 0 bridgehead atoms. The molecule has 3 rings (SSSR count). The third-order valence-electron chi connectivity index (χ3n) is 4.37. The van der Waals surface area contributed by atoms with Gasteiger partial charge in [-0.05, 0) is 30.5 Å². The molecule has 2 heterocycles. The number of nitrogens with zero attached hydrogens (tertiary/aromatic N) is 2. The number of carbonyl (C=O) groups is 1. The number of carbonyl (C=O) groups excluding carboxylic acids is 1. The van der Waals surface area contributed by atoms with E-state index in [9.17, 15) is 9.18 Å². The van der Waals surface area contributed by atoms with Gasteiger partial charge in [0.15, 0.2) is 0 Å². The molecule has 1 N–H and O–H groups in total. The Morgan fingerprint density at radius 3 is 2.91 bits per heavy atom. The monoisotopic (exact) mass is 317 g/mol. The van der Waals surface area contributed by atoms with Crippen LogP contribution in [-0.4, -0.2) is 35.2 Å². The van der Waals surface area contributed by atoms with Crippen molar-refractivity contribution in [2.24, 2.45) is 0 Å². The van der Waals surface area contributed by atoms with E-state index in [0.717, 1.165) is 5.56 Å². The molecule has 0 radical (unpaired) electrons. The molecule has 0 saturated carbocycles. The van der Waals surface area contributed by atoms with E-state index in [1.165, 1.54) is 12.1 Å². The molecule has 0 unspecified atom stereocenters. The van der Waals surface area contributed by atoms with Crippen LogP contribution in [0, 0.1) is 5.82 Å². The first-order chi connectivity index (χ1) is 11.2. The Hall–Kier alpha value is -2.21. The van der Waals surface area contributed by atoms with Crippen LogP contribution in [0.1, 0.15) is 18.4 Å². The van der Waals surface area contributed by atoms with Gasteiger partial charge in [0.25, 0.3) is 0 Å². The molecular weight excluding hydrogens is 297 g/mol. The van der Waals surface area contributed by atoms with Gasteiger partial charge in [-0.2, -0.15) is 0 Å². The molecule has 1 amide bonds. The maximum Gasteiger partial charge on any atom is 0.230 e. The Balaban J connectivity index is 1.74. The molecule has 1 aromatic heterocycles. The van der Waals surface area contributed by atoms with Crippen molar-refractivity contribution < 1.29 is 13.9 Å². The summed E-state index contributed by atoms with van der Waals surface area (Å²) in [5.74, 6) is -0.383. The average molecular weight is 317 g/mol. The maximum absolute atomic E-state index is 13.6. The lowest BCUT2D eigenvalue weighted by Gasteiger charge is -2.36. The SMILES string of the molecule is O=C(NCCn1ccnc1)C1(c2cccc(F)c2)CCOCC1. The number of nitrogens with one attached hydrogen (secondary N) is 1. The highest BCUT2D eigenvalue weighted by Gasteiger charge is 2.41. The van der Waals surface area contributed by atoms with E-state index in [2.05, 4.69) is 10.3 Å². The predicted molar refractivity (Wildman–Crippen MR) is 83.4 cm³/mol. The lowest BCUT2D eigenvalue weighted by molar-refractivity contribution is -0.130. The van der Waals surface area contributed by atoms with Gasteiger partial charge in [0, 0.05) is 38.7 Å². The quantitative estimate of drug-likeness (QED) is 0.916. The number of amides is 1. The molecule has 1 fully saturated rings. The van der Waals surface area contributed by atoms with Gasteiger partial charge >= 0.3 is 0 Å². The van der Waals surface area contributed by atoms with Crippen LogP contribution in [0.25, 0.3) is 0 Å². The zero-order chi connectivity index (χ0) is 16.1. The van der Waals surface area contributed by atoms with Gasteiger partial charge < -0.3 is 14.6 Å². The van der Waals surface area contributed by atoms with Crippen molar-refractivity contribution in [1.82, 2.24) is 14.9 Å². The van der Waals surface area contributed by atoms with E-state index in [4.69, 9.17) is 4.74 Å². The van der Waals surface area contributed by atoms with Crippen LogP contribution in [0.2, 0.25) is 0 Å². The summed E-state index contributed by atoms with van der Waals surface area (Å²) in [7, 11) is 0. The summed E-state index contributed by atoms with van der Waals surface area (Å²) in [6.45, 7) is 2.17. The Kier molecular flexibility index (Phi) is 4.71. The van der Waals surface area contributed by atoms with Crippen LogP contribution >= 0.6 is 0 Å². The fourth-order valence-electron chi connectivity index (χ4n) is 3.04. The second-order valence-electron chi connectivity index (χ2n) is 5.76. The first-order valence-electron chi connectivity index (χ1n) is 7.78. The Labute approximate surface area is 134 Å². The predicted octanol–water partition coefficient (Wildman–Crippen LogP) is 1.89. The Morgan fingerprint density at radius 1 is 1.39 bits per heavy atom. The number of rotatable bonds is 5. The molecular formula is C17H20FN3O2. The van der Waals surface area contributed by atoms with Crippen LogP contribution < -0.4 is 5.32 Å². The van der Waals surface area contributed by atoms with Crippen molar-refractivity contribution in [2.45, 2.75) is 24.8 Å². The van der Waals surface area contributed by atoms with Crippen molar-refractivity contribution >= 4 is 5.91 Å². The third kappa shape index (κ3) is 3.42. The highest BCUT2D eigenvalue weighted by atomic mass is 19.1. The van der Waals surface area contributed by atoms with Gasteiger partial charge in [-0.15, -0.1) is 0 Å². The minimum absolute atomic E-state index is 0.0634. The summed E-state index contributed by atoms with van der Waals surface area (Å²) >= 11 is 0. The molecule has 122 valence electrons. The maximum atomic E-state index is 13.6. The summed E-state index contributed by atoms with van der Waals surface area (Å²) < 4.78 is 20.9. The van der Waals surface area contributed by atoms with Gasteiger partial charge in [0.2, 0.25) is 5.91 Å². The van der Waals surface area contributed by atoms with Crippen LogP contribution in [0.3, 0.4) is 0 Å². The van der Waals surface area contributed by atoms with E-state index in [1.54, 1.807) is 18.6 Å². The molecule has 1 aliphatic rings. The summed E-state index contributed by atoms with van der Waals surface area (Å²) in [6.07, 6.45) is 6.39. The van der Waals surface area contributed by atoms with Crippen LogP contribution in [-0.2, 0) is 21.5 Å². The number of imidazole rings is 1. The smallest absolute Gasteiger partial charge is 0.230 e. The third-order valence-corrected chi connectivity index (χ3v) is 4.37. The molecule has 1 aliphatic heterocycles. The molecule has 23 heavy (non-hydrogen) atoms. The lowest BCUT2D eigenvalue weighted by atomic mass is 9.73. The minimum Gasteiger partial charge on any atom is -0.381 e. The number of aromatic nitrogens is 2. The van der Waals surface area contributed by atoms with Gasteiger partial charge in [-0.3, -0.25) is 4.79 Å². The largest absolute Gasteiger partial charge is 0.381 e. The number of ether oxygens (including phenoxy) is 1. The molecule has 6 heteroatoms. The first kappa shape index (κ1) is 15.7. The Bertz CT molecular complexity index is 652. The summed E-state index contributed by atoms with van der Waals surface area (Å²) in [4.78, 5) is 16.8. The molecule has 0 spiro atoms. The van der Waals surface area contributed by atoms with Crippen LogP contribution in [0.15, 0.2) is 43.0 Å². The number of halogens is 1. The Morgan fingerprint density at radius 2 is 2.22 bits per heavy atom. The average Bonchev–Trinajstić information content (AvgIpc) is 3.09. The zero-order valence-electron chi connectivity index (χ0n) is 12.9. The normalized spacial score (nSPS) is 16.9. The van der Waals surface area contributed by atoms with Crippen molar-refractivity contribution in [2.75, 3.05) is 19.8 Å². The van der Waals surface area contributed by atoms with Crippen LogP contribution in [0.5, 0.6) is 0 Å². The summed E-state index contributed by atoms with van der Waals surface area (Å²) in [5, 5.41) is 2.98. The number of benzene rings is 1. The van der Waals surface area contributed by atoms with E-state index >= 15 is 0 Å². The molecule has 0 atom stereocenters. The molecule has 1 saturated heterocycles. The summed E-state index contributed by atoms with van der Waals surface area (Å²) in [5.41, 5.74) is 0.0101. The van der Waals surface area contributed by atoms with Crippen LogP contribution in [0.4, 0.5) is 4.39 Å². The molecule has 5 nitrogen and oxygen atoms in total. The van der Waals surface area contributed by atoms with Gasteiger partial charge in [0.05, 0.1) is 11.7 Å². The summed E-state index contributed by atoms with van der Waals surface area (Å²) in [6, 6.07) is 6.33. The van der Waals surface area contributed by atoms with Crippen molar-refractivity contribution in [3.8, 4) is 0 Å². The van der Waals surface area contributed by atoms with Gasteiger partial charge in [0.1, 0.15) is 5.82 Å². The number of hydrogen-bond acceptors (Lipinski definition) is 3. The molecule has 2 aromatic rings. The second-order valence-corrected chi connectivity index (χ2v) is 5.76. The standard InChI is InChI=1S/C17H20FN3O2/c18-15-3-1-2-14(12-15)17(4-10-23-11-5-17)16(22)20-7-9-21-8-6-19-13-21/h1-3,6,8,12-13H,4-5,7,9-11H2,(H,20,22). The topological polar surface area (TPSA) is 56.2 Å². The first-order valence-corrected chi connectivity index (χ1v) is 7.78. The van der Waals surface area contributed by atoms with E-state index in [0.29, 0.717) is 39.1 Å². The second kappa shape index (κ2) is 6.91. The van der Waals surface area contributed by atoms with Crippen molar-refractivity contribution in [3.05, 3.63) is 54.4 Å². The van der Waals surface area contributed by atoms with Crippen molar-refractivity contribution in [3.63, 3.8) is 0 Å². The highest BCUT2D eigenvalue weighted by Crippen LogP contribution is 2.35. The fraction of sp³-hybridized carbons (Fsp3) is 0.412. The number of hydrogen-bond donors (Lipinski definition) is 1. The van der Waals surface area contributed by atoms with Gasteiger partial charge in [-0.25, -0.2) is 9.37 Å².